The van der Waals surface area contributed by atoms with Gasteiger partial charge in [0.2, 0.25) is 0 Å². The normalized spacial score (nSPS) is 13.9. The van der Waals surface area contributed by atoms with E-state index in [1.807, 2.05) is 6.07 Å². The van der Waals surface area contributed by atoms with Gasteiger partial charge in [-0.3, -0.25) is 0 Å². The highest BCUT2D eigenvalue weighted by molar-refractivity contribution is 6.20. The highest BCUT2D eigenvalue weighted by atomic mass is 16.3. The van der Waals surface area contributed by atoms with Crippen molar-refractivity contribution in [3.63, 3.8) is 0 Å². The summed E-state index contributed by atoms with van der Waals surface area (Å²) in [5, 5.41) is 10.1. The Balaban J connectivity index is 1.33. The molecule has 0 spiro atoms. The fourth-order valence-electron chi connectivity index (χ4n) is 7.24. The molecule has 40 heavy (non-hydrogen) atoms. The first kappa shape index (κ1) is 22.0. The van der Waals surface area contributed by atoms with Crippen molar-refractivity contribution in [2.45, 2.75) is 19.3 Å². The van der Waals surface area contributed by atoms with E-state index in [4.69, 9.17) is 4.42 Å². The van der Waals surface area contributed by atoms with Gasteiger partial charge >= 0.3 is 0 Å². The Morgan fingerprint density at radius 2 is 1.18 bits per heavy atom. The molecule has 188 valence electrons. The van der Waals surface area contributed by atoms with Crippen molar-refractivity contribution in [1.29, 1.82) is 0 Å². The maximum atomic E-state index is 6.29. The van der Waals surface area contributed by atoms with Crippen molar-refractivity contribution >= 4 is 54.3 Å². The van der Waals surface area contributed by atoms with Crippen molar-refractivity contribution < 1.29 is 4.42 Å². The van der Waals surface area contributed by atoms with Crippen molar-refractivity contribution in [3.05, 3.63) is 132 Å². The van der Waals surface area contributed by atoms with Crippen LogP contribution in [0.1, 0.15) is 25.0 Å². The highest BCUT2D eigenvalue weighted by Crippen LogP contribution is 2.52. The number of rotatable bonds is 1. The van der Waals surface area contributed by atoms with Crippen molar-refractivity contribution in [1.82, 2.24) is 0 Å². The Morgan fingerprint density at radius 3 is 2.05 bits per heavy atom. The zero-order chi connectivity index (χ0) is 26.6. The van der Waals surface area contributed by atoms with E-state index in [2.05, 4.69) is 129 Å². The Bertz CT molecular complexity index is 2350. The lowest BCUT2D eigenvalue weighted by Gasteiger charge is -2.22. The van der Waals surface area contributed by atoms with Crippen LogP contribution >= 0.6 is 0 Å². The first-order valence-corrected chi connectivity index (χ1v) is 14.0. The van der Waals surface area contributed by atoms with Gasteiger partial charge in [0.25, 0.3) is 0 Å². The van der Waals surface area contributed by atoms with Gasteiger partial charge in [-0.05, 0) is 96.0 Å². The molecule has 1 heterocycles. The summed E-state index contributed by atoms with van der Waals surface area (Å²) in [5.41, 5.74) is 9.70. The molecule has 7 aromatic carbocycles. The molecular weight excluding hydrogens is 484 g/mol. The molecule has 1 nitrogen and oxygen atoms in total. The summed E-state index contributed by atoms with van der Waals surface area (Å²) in [7, 11) is 0. The predicted molar refractivity (Wildman–Crippen MR) is 169 cm³/mol. The van der Waals surface area contributed by atoms with Crippen molar-refractivity contribution in [2.24, 2.45) is 0 Å². The third kappa shape index (κ3) is 2.82. The van der Waals surface area contributed by atoms with Gasteiger partial charge in [-0.25, -0.2) is 0 Å². The fraction of sp³-hybridized carbons (Fsp3) is 0.0769. The summed E-state index contributed by atoms with van der Waals surface area (Å²) < 4.78 is 6.29. The summed E-state index contributed by atoms with van der Waals surface area (Å²) in [6.07, 6.45) is 0. The van der Waals surface area contributed by atoms with E-state index in [0.717, 1.165) is 11.2 Å². The number of hydrogen-bond donors (Lipinski definition) is 0. The van der Waals surface area contributed by atoms with Crippen molar-refractivity contribution in [3.8, 4) is 22.3 Å². The molecule has 1 aromatic heterocycles. The number of benzene rings is 7. The van der Waals surface area contributed by atoms with Gasteiger partial charge in [0.1, 0.15) is 11.2 Å². The van der Waals surface area contributed by atoms with E-state index in [0.29, 0.717) is 0 Å². The number of hydrogen-bond acceptors (Lipinski definition) is 1. The van der Waals surface area contributed by atoms with Crippen LogP contribution in [0.15, 0.2) is 126 Å². The summed E-state index contributed by atoms with van der Waals surface area (Å²) in [5.74, 6) is 0. The lowest BCUT2D eigenvalue weighted by molar-refractivity contribution is 0.658. The molecule has 0 bridgehead atoms. The topological polar surface area (TPSA) is 13.1 Å². The smallest absolute Gasteiger partial charge is 0.136 e. The van der Waals surface area contributed by atoms with Crippen molar-refractivity contribution in [2.75, 3.05) is 0 Å². The Labute approximate surface area is 232 Å². The number of para-hydroxylation sites is 1. The maximum Gasteiger partial charge on any atom is 0.136 e. The van der Waals surface area contributed by atoms with E-state index in [9.17, 15) is 0 Å². The highest BCUT2D eigenvalue weighted by Gasteiger charge is 2.36. The molecule has 1 aliphatic rings. The van der Waals surface area contributed by atoms with Gasteiger partial charge in [-0.15, -0.1) is 0 Å². The molecule has 1 heteroatoms. The van der Waals surface area contributed by atoms with Crippen LogP contribution in [0.4, 0.5) is 0 Å². The maximum absolute atomic E-state index is 6.29. The molecule has 0 fully saturated rings. The largest absolute Gasteiger partial charge is 0.456 e. The van der Waals surface area contributed by atoms with Crippen LogP contribution in [0.25, 0.3) is 76.5 Å². The number of furan rings is 1. The molecule has 0 saturated carbocycles. The fourth-order valence-corrected chi connectivity index (χ4v) is 7.24. The number of fused-ring (bicyclic) bond motifs is 10. The third-order valence-corrected chi connectivity index (χ3v) is 9.23. The van der Waals surface area contributed by atoms with Gasteiger partial charge in [0.15, 0.2) is 0 Å². The molecule has 1 aliphatic carbocycles. The molecule has 0 radical (unpaired) electrons. The molecule has 0 aliphatic heterocycles. The summed E-state index contributed by atoms with van der Waals surface area (Å²) >= 11 is 0. The standard InChI is InChI=1S/C39H26O/c1-39(2)34-20-25(16-17-28(34)32-22-37-33(21-35(32)39)29-13-7-8-14-36(29)40-37)38-27-12-6-4-10-24(27)19-31-26-11-5-3-9-23(26)15-18-30(31)38/h3-22H,1-2H3. The predicted octanol–water partition coefficient (Wildman–Crippen LogP) is 11.0. The van der Waals surface area contributed by atoms with Gasteiger partial charge in [0.05, 0.1) is 0 Å². The minimum Gasteiger partial charge on any atom is -0.456 e. The van der Waals surface area contributed by atoms with Gasteiger partial charge in [-0.2, -0.15) is 0 Å². The average molecular weight is 511 g/mol. The van der Waals surface area contributed by atoms with Crippen LogP contribution < -0.4 is 0 Å². The molecule has 0 unspecified atom stereocenters. The molecule has 8 aromatic rings. The molecule has 9 rings (SSSR count). The SMILES string of the molecule is CC1(C)c2cc(-c3c4ccccc4cc4c3ccc3ccccc34)ccc2-c2cc3oc4ccccc4c3cc21. The Hall–Kier alpha value is -4.88. The molecule has 0 saturated heterocycles. The summed E-state index contributed by atoms with van der Waals surface area (Å²) in [6.45, 7) is 4.73. The third-order valence-electron chi connectivity index (χ3n) is 9.23. The molecule has 0 amide bonds. The van der Waals surface area contributed by atoms with E-state index in [1.165, 1.54) is 76.5 Å². The zero-order valence-corrected chi connectivity index (χ0v) is 22.5. The van der Waals surface area contributed by atoms with Gasteiger partial charge in [-0.1, -0.05) is 105 Å². The Morgan fingerprint density at radius 1 is 0.450 bits per heavy atom. The first-order chi connectivity index (χ1) is 19.6. The van der Waals surface area contributed by atoms with Crippen LogP contribution in [0.3, 0.4) is 0 Å². The quantitative estimate of drug-likeness (QED) is 0.158. The van der Waals surface area contributed by atoms with Crippen LogP contribution in [-0.2, 0) is 5.41 Å². The second kappa shape index (κ2) is 7.61. The monoisotopic (exact) mass is 510 g/mol. The average Bonchev–Trinajstić information content (AvgIpc) is 3.46. The summed E-state index contributed by atoms with van der Waals surface area (Å²) in [6, 6.07) is 44.6. The van der Waals surface area contributed by atoms with E-state index >= 15 is 0 Å². The van der Waals surface area contributed by atoms with Gasteiger partial charge in [0, 0.05) is 16.2 Å². The molecule has 0 atom stereocenters. The zero-order valence-electron chi connectivity index (χ0n) is 22.5. The van der Waals surface area contributed by atoms with Crippen LogP contribution in [-0.4, -0.2) is 0 Å². The Kier molecular flexibility index (Phi) is 4.18. The summed E-state index contributed by atoms with van der Waals surface area (Å²) in [4.78, 5) is 0. The van der Waals surface area contributed by atoms with Crippen LogP contribution in [0.2, 0.25) is 0 Å². The second-order valence-electron chi connectivity index (χ2n) is 11.7. The van der Waals surface area contributed by atoms with E-state index in [-0.39, 0.29) is 5.41 Å². The lowest BCUT2D eigenvalue weighted by atomic mass is 9.80. The van der Waals surface area contributed by atoms with Gasteiger partial charge < -0.3 is 4.42 Å². The minimum absolute atomic E-state index is 0.125. The van der Waals surface area contributed by atoms with Crippen LogP contribution in [0, 0.1) is 0 Å². The molecule has 0 N–H and O–H groups in total. The molecular formula is C39H26O. The lowest BCUT2D eigenvalue weighted by Crippen LogP contribution is -2.15. The first-order valence-electron chi connectivity index (χ1n) is 14.0. The van der Waals surface area contributed by atoms with E-state index in [1.54, 1.807) is 0 Å². The second-order valence-corrected chi connectivity index (χ2v) is 11.7. The van der Waals surface area contributed by atoms with Crippen LogP contribution in [0.5, 0.6) is 0 Å². The minimum atomic E-state index is -0.125. The van der Waals surface area contributed by atoms with E-state index < -0.39 is 0 Å².